The van der Waals surface area contributed by atoms with Crippen LogP contribution < -0.4 is 10.1 Å². The molecule has 0 aromatic heterocycles. The molecule has 1 amide bonds. The number of aldehydes is 1. The Balaban J connectivity index is 2.11. The molecule has 2 rings (SSSR count). The summed E-state index contributed by atoms with van der Waals surface area (Å²) in [6, 6.07) is 17.3. The number of amides is 1. The highest BCUT2D eigenvalue weighted by Crippen LogP contribution is 2.25. The van der Waals surface area contributed by atoms with Crippen molar-refractivity contribution in [3.63, 3.8) is 0 Å². The van der Waals surface area contributed by atoms with Crippen LogP contribution >= 0.6 is 11.8 Å². The van der Waals surface area contributed by atoms with Gasteiger partial charge in [0.25, 0.3) is 5.91 Å². The van der Waals surface area contributed by atoms with Gasteiger partial charge in [-0.15, -0.1) is 11.8 Å². The Morgan fingerprint density at radius 1 is 1.14 bits per heavy atom. The molecule has 4 nitrogen and oxygen atoms in total. The first-order valence-electron chi connectivity index (χ1n) is 9.59. The van der Waals surface area contributed by atoms with Gasteiger partial charge in [0, 0.05) is 28.7 Å². The van der Waals surface area contributed by atoms with Crippen molar-refractivity contribution in [1.29, 1.82) is 0 Å². The number of hydrogen-bond acceptors (Lipinski definition) is 4. The molecule has 2 aromatic carbocycles. The maximum Gasteiger partial charge on any atom is 0.251 e. The molecule has 0 aliphatic rings. The van der Waals surface area contributed by atoms with Crippen LogP contribution in [0.1, 0.15) is 37.0 Å². The van der Waals surface area contributed by atoms with E-state index in [1.54, 1.807) is 31.0 Å². The van der Waals surface area contributed by atoms with E-state index in [4.69, 9.17) is 4.74 Å². The molecule has 2 aromatic rings. The monoisotopic (exact) mass is 399 g/mol. The zero-order valence-electron chi connectivity index (χ0n) is 16.8. The molecule has 0 fully saturated rings. The molecule has 0 aliphatic heterocycles. The number of benzene rings is 2. The van der Waals surface area contributed by atoms with Crippen LogP contribution in [0.25, 0.3) is 0 Å². The van der Waals surface area contributed by atoms with E-state index in [1.165, 1.54) is 4.90 Å². The lowest BCUT2D eigenvalue weighted by molar-refractivity contribution is -0.109. The first-order chi connectivity index (χ1) is 13.5. The number of thioether (sulfide) groups is 1. The number of carbonyl (C=O) groups is 2. The van der Waals surface area contributed by atoms with E-state index < -0.39 is 0 Å². The number of carbonyl (C=O) groups excluding carboxylic acids is 2. The van der Waals surface area contributed by atoms with Gasteiger partial charge < -0.3 is 14.8 Å². The molecule has 1 N–H and O–H groups in total. The molecule has 2 atom stereocenters. The van der Waals surface area contributed by atoms with E-state index in [0.29, 0.717) is 23.7 Å². The van der Waals surface area contributed by atoms with Gasteiger partial charge in [0.2, 0.25) is 0 Å². The van der Waals surface area contributed by atoms with Gasteiger partial charge in [0.1, 0.15) is 12.0 Å². The second kappa shape index (κ2) is 11.5. The van der Waals surface area contributed by atoms with Crippen LogP contribution in [-0.2, 0) is 4.79 Å². The molecule has 0 unspecified atom stereocenters. The second-order valence-corrected chi connectivity index (χ2v) is 8.26. The van der Waals surface area contributed by atoms with Crippen molar-refractivity contribution < 1.29 is 14.3 Å². The van der Waals surface area contributed by atoms with Crippen molar-refractivity contribution >= 4 is 24.0 Å². The Morgan fingerprint density at radius 2 is 1.89 bits per heavy atom. The predicted molar refractivity (Wildman–Crippen MR) is 115 cm³/mol. The molecule has 0 aliphatic carbocycles. The van der Waals surface area contributed by atoms with Crippen molar-refractivity contribution in [3.05, 3.63) is 60.2 Å². The van der Waals surface area contributed by atoms with Gasteiger partial charge in [-0.05, 0) is 48.6 Å². The summed E-state index contributed by atoms with van der Waals surface area (Å²) in [6.45, 7) is 4.25. The third kappa shape index (κ3) is 7.04. The van der Waals surface area contributed by atoms with Crippen molar-refractivity contribution in [2.75, 3.05) is 12.9 Å². The van der Waals surface area contributed by atoms with Crippen LogP contribution in [0.4, 0.5) is 0 Å². The van der Waals surface area contributed by atoms with E-state index in [2.05, 4.69) is 31.3 Å². The van der Waals surface area contributed by atoms with E-state index in [9.17, 15) is 9.59 Å². The van der Waals surface area contributed by atoms with Crippen LogP contribution in [0.5, 0.6) is 5.75 Å². The summed E-state index contributed by atoms with van der Waals surface area (Å²) in [5, 5.41) is 3.17. The number of rotatable bonds is 11. The van der Waals surface area contributed by atoms with E-state index >= 15 is 0 Å². The van der Waals surface area contributed by atoms with Gasteiger partial charge in [-0.3, -0.25) is 4.79 Å². The van der Waals surface area contributed by atoms with Crippen LogP contribution in [-0.4, -0.2) is 31.1 Å². The normalized spacial score (nSPS) is 13.0. The highest BCUT2D eigenvalue weighted by atomic mass is 32.2. The number of ether oxygens (including phenoxy) is 1. The summed E-state index contributed by atoms with van der Waals surface area (Å²) in [5.41, 5.74) is 0.575. The number of hydrogen-bond donors (Lipinski definition) is 1. The largest absolute Gasteiger partial charge is 0.497 e. The lowest BCUT2D eigenvalue weighted by atomic mass is 9.87. The van der Waals surface area contributed by atoms with Crippen LogP contribution in [0.3, 0.4) is 0 Å². The fourth-order valence-electron chi connectivity index (χ4n) is 3.04. The molecule has 0 spiro atoms. The topological polar surface area (TPSA) is 55.4 Å². The fraction of sp³-hybridized carbons (Fsp3) is 0.391. The summed E-state index contributed by atoms with van der Waals surface area (Å²) in [4.78, 5) is 25.1. The number of nitrogens with one attached hydrogen (secondary N) is 1. The zero-order chi connectivity index (χ0) is 20.4. The Kier molecular flexibility index (Phi) is 9.08. The van der Waals surface area contributed by atoms with Crippen LogP contribution in [0.2, 0.25) is 0 Å². The summed E-state index contributed by atoms with van der Waals surface area (Å²) in [5.74, 6) is 1.91. The Labute approximate surface area is 172 Å². The van der Waals surface area contributed by atoms with Crippen molar-refractivity contribution in [1.82, 2.24) is 5.32 Å². The maximum absolute atomic E-state index is 12.8. The molecule has 28 heavy (non-hydrogen) atoms. The Hall–Kier alpha value is -2.27. The van der Waals surface area contributed by atoms with Crippen LogP contribution in [0.15, 0.2) is 59.5 Å². The molecule has 150 valence electrons. The fourth-order valence-corrected chi connectivity index (χ4v) is 4.01. The smallest absolute Gasteiger partial charge is 0.251 e. The molecule has 0 saturated heterocycles. The quantitative estimate of drug-likeness (QED) is 0.434. The van der Waals surface area contributed by atoms with E-state index in [-0.39, 0.29) is 17.9 Å². The second-order valence-electron chi connectivity index (χ2n) is 7.17. The Morgan fingerprint density at radius 3 is 2.54 bits per heavy atom. The molecular weight excluding hydrogens is 370 g/mol. The SMILES string of the molecule is COc1cccc(C(=O)N[C@@H](CSc2ccccc2)C[C@H](CC=O)C(C)C)c1. The Bertz CT molecular complexity index is 749. The summed E-state index contributed by atoms with van der Waals surface area (Å²) in [6.07, 6.45) is 2.26. The molecule has 0 saturated carbocycles. The third-order valence-electron chi connectivity index (χ3n) is 4.79. The first kappa shape index (κ1) is 22.0. The minimum Gasteiger partial charge on any atom is -0.497 e. The van der Waals surface area contributed by atoms with Crippen molar-refractivity contribution in [2.24, 2.45) is 11.8 Å². The zero-order valence-corrected chi connectivity index (χ0v) is 17.6. The summed E-state index contributed by atoms with van der Waals surface area (Å²) < 4.78 is 5.22. The van der Waals surface area contributed by atoms with Crippen LogP contribution in [0, 0.1) is 11.8 Å². The molecule has 0 radical (unpaired) electrons. The number of methoxy groups -OCH3 is 1. The standard InChI is InChI=1S/C23H29NO3S/c1-17(2)18(12-13-25)14-20(16-28-22-10-5-4-6-11-22)24-23(26)19-8-7-9-21(15-19)27-3/h4-11,13,15,17-18,20H,12,14,16H2,1-3H3,(H,24,26)/t18-,20+/m0/s1. The van der Waals surface area contributed by atoms with E-state index in [0.717, 1.165) is 18.5 Å². The van der Waals surface area contributed by atoms with Gasteiger partial charge >= 0.3 is 0 Å². The lowest BCUT2D eigenvalue weighted by Gasteiger charge is -2.26. The predicted octanol–water partition coefficient (Wildman–Crippen LogP) is 4.84. The summed E-state index contributed by atoms with van der Waals surface area (Å²) in [7, 11) is 1.59. The minimum absolute atomic E-state index is 0.0312. The average Bonchev–Trinajstić information content (AvgIpc) is 2.72. The molecular formula is C23H29NO3S. The first-order valence-corrected chi connectivity index (χ1v) is 10.6. The third-order valence-corrected chi connectivity index (χ3v) is 5.97. The summed E-state index contributed by atoms with van der Waals surface area (Å²) >= 11 is 1.72. The highest BCUT2D eigenvalue weighted by molar-refractivity contribution is 7.99. The lowest BCUT2D eigenvalue weighted by Crippen LogP contribution is -2.39. The molecule has 5 heteroatoms. The van der Waals surface area contributed by atoms with Crippen molar-refractivity contribution in [2.45, 2.75) is 37.6 Å². The van der Waals surface area contributed by atoms with Crippen molar-refractivity contribution in [3.8, 4) is 5.75 Å². The van der Waals surface area contributed by atoms with Gasteiger partial charge in [-0.25, -0.2) is 0 Å². The minimum atomic E-state index is -0.119. The van der Waals surface area contributed by atoms with Gasteiger partial charge in [0.15, 0.2) is 0 Å². The highest BCUT2D eigenvalue weighted by Gasteiger charge is 2.22. The van der Waals surface area contributed by atoms with E-state index in [1.807, 2.05) is 30.3 Å². The van der Waals surface area contributed by atoms with Gasteiger partial charge in [-0.2, -0.15) is 0 Å². The molecule has 0 bridgehead atoms. The van der Waals surface area contributed by atoms with Gasteiger partial charge in [-0.1, -0.05) is 38.1 Å². The average molecular weight is 400 g/mol. The van der Waals surface area contributed by atoms with Gasteiger partial charge in [0.05, 0.1) is 7.11 Å². The molecule has 0 heterocycles. The maximum atomic E-state index is 12.8.